The average Bonchev–Trinajstić information content (AvgIpc) is 2.53. The molecule has 1 aromatic carbocycles. The maximum Gasteiger partial charge on any atom is 0.251 e. The molecular formula is C14H18N2O2. The van der Waals surface area contributed by atoms with E-state index in [1.165, 1.54) is 4.90 Å². The standard InChI is InChI=1S/C14H18N2O2/c1-14(2,3)15-11-9-12(17)16(13(11)18)10-7-5-4-6-8-10/h4-8,11,15H,9H2,1-3H3. The Labute approximate surface area is 107 Å². The minimum atomic E-state index is -0.419. The number of nitrogens with zero attached hydrogens (tertiary/aromatic N) is 1. The molecule has 96 valence electrons. The van der Waals surface area contributed by atoms with Crippen LogP contribution in [0.3, 0.4) is 0 Å². The lowest BCUT2D eigenvalue weighted by Gasteiger charge is -2.24. The second kappa shape index (κ2) is 4.53. The summed E-state index contributed by atoms with van der Waals surface area (Å²) < 4.78 is 0. The Bertz CT molecular complexity index is 462. The van der Waals surface area contributed by atoms with E-state index in [-0.39, 0.29) is 23.8 Å². The van der Waals surface area contributed by atoms with E-state index in [0.29, 0.717) is 5.69 Å². The molecule has 0 aromatic heterocycles. The molecule has 1 unspecified atom stereocenters. The van der Waals surface area contributed by atoms with Crippen molar-refractivity contribution in [1.82, 2.24) is 5.32 Å². The van der Waals surface area contributed by atoms with E-state index in [0.717, 1.165) is 0 Å². The number of hydrogen-bond donors (Lipinski definition) is 1. The molecule has 2 amide bonds. The summed E-state index contributed by atoms with van der Waals surface area (Å²) in [5.74, 6) is -0.311. The second-order valence-corrected chi connectivity index (χ2v) is 5.55. The van der Waals surface area contributed by atoms with E-state index in [1.54, 1.807) is 12.1 Å². The lowest BCUT2D eigenvalue weighted by Crippen LogP contribution is -2.47. The Kier molecular flexibility index (Phi) is 3.22. The molecule has 0 spiro atoms. The molecule has 1 aromatic rings. The number of nitrogens with one attached hydrogen (secondary N) is 1. The zero-order valence-corrected chi connectivity index (χ0v) is 10.9. The molecule has 0 radical (unpaired) electrons. The van der Waals surface area contributed by atoms with E-state index in [2.05, 4.69) is 5.32 Å². The van der Waals surface area contributed by atoms with Crippen LogP contribution in [0.25, 0.3) is 0 Å². The SMILES string of the molecule is CC(C)(C)NC1CC(=O)N(c2ccccc2)C1=O. The van der Waals surface area contributed by atoms with Crippen LogP contribution in [-0.2, 0) is 9.59 Å². The number of para-hydroxylation sites is 1. The number of hydrogen-bond acceptors (Lipinski definition) is 3. The predicted molar refractivity (Wildman–Crippen MR) is 70.2 cm³/mol. The summed E-state index contributed by atoms with van der Waals surface area (Å²) in [6, 6.07) is 8.63. The molecule has 1 fully saturated rings. The smallest absolute Gasteiger partial charge is 0.251 e. The number of benzene rings is 1. The summed E-state index contributed by atoms with van der Waals surface area (Å²) in [6.07, 6.45) is 0.227. The van der Waals surface area contributed by atoms with Crippen molar-refractivity contribution < 1.29 is 9.59 Å². The van der Waals surface area contributed by atoms with Crippen molar-refractivity contribution in [3.05, 3.63) is 30.3 Å². The quantitative estimate of drug-likeness (QED) is 0.808. The van der Waals surface area contributed by atoms with Gasteiger partial charge in [0.25, 0.3) is 5.91 Å². The van der Waals surface area contributed by atoms with Crippen LogP contribution in [0.4, 0.5) is 5.69 Å². The fourth-order valence-corrected chi connectivity index (χ4v) is 2.12. The molecule has 4 nitrogen and oxygen atoms in total. The Morgan fingerprint density at radius 1 is 1.17 bits per heavy atom. The molecule has 1 aliphatic heterocycles. The minimum absolute atomic E-state index is 0.145. The lowest BCUT2D eigenvalue weighted by atomic mass is 10.1. The number of amides is 2. The molecule has 18 heavy (non-hydrogen) atoms. The molecule has 1 N–H and O–H groups in total. The van der Waals surface area contributed by atoms with Gasteiger partial charge in [0.1, 0.15) is 0 Å². The van der Waals surface area contributed by atoms with Crippen molar-refractivity contribution in [3.63, 3.8) is 0 Å². The topological polar surface area (TPSA) is 49.4 Å². The number of imide groups is 1. The van der Waals surface area contributed by atoms with Crippen molar-refractivity contribution in [2.45, 2.75) is 38.8 Å². The van der Waals surface area contributed by atoms with Gasteiger partial charge in [0.2, 0.25) is 5.91 Å². The van der Waals surface area contributed by atoms with E-state index in [1.807, 2.05) is 39.0 Å². The molecule has 1 atom stereocenters. The largest absolute Gasteiger partial charge is 0.301 e. The van der Waals surface area contributed by atoms with Gasteiger partial charge < -0.3 is 5.32 Å². The zero-order valence-electron chi connectivity index (χ0n) is 10.9. The van der Waals surface area contributed by atoms with Crippen molar-refractivity contribution in [3.8, 4) is 0 Å². The lowest BCUT2D eigenvalue weighted by molar-refractivity contribution is -0.121. The molecular weight excluding hydrogens is 228 g/mol. The Morgan fingerprint density at radius 2 is 1.78 bits per heavy atom. The number of rotatable bonds is 2. The first kappa shape index (κ1) is 12.8. The summed E-state index contributed by atoms with van der Waals surface area (Å²) in [5, 5.41) is 3.19. The summed E-state index contributed by atoms with van der Waals surface area (Å²) >= 11 is 0. The van der Waals surface area contributed by atoms with Crippen LogP contribution in [0, 0.1) is 0 Å². The Morgan fingerprint density at radius 3 is 2.33 bits per heavy atom. The van der Waals surface area contributed by atoms with Crippen LogP contribution in [0.5, 0.6) is 0 Å². The molecule has 0 saturated carbocycles. The van der Waals surface area contributed by atoms with Crippen molar-refractivity contribution in [1.29, 1.82) is 0 Å². The second-order valence-electron chi connectivity index (χ2n) is 5.55. The third kappa shape index (κ3) is 2.59. The highest BCUT2D eigenvalue weighted by molar-refractivity contribution is 6.22. The number of carbonyl (C=O) groups excluding carboxylic acids is 2. The van der Waals surface area contributed by atoms with Crippen molar-refractivity contribution in [2.75, 3.05) is 4.90 Å². The molecule has 1 saturated heterocycles. The molecule has 0 aliphatic carbocycles. The van der Waals surface area contributed by atoms with Crippen molar-refractivity contribution >= 4 is 17.5 Å². The maximum atomic E-state index is 12.2. The summed E-state index contributed by atoms with van der Waals surface area (Å²) in [4.78, 5) is 25.5. The van der Waals surface area contributed by atoms with Gasteiger partial charge in [-0.3, -0.25) is 9.59 Å². The van der Waals surface area contributed by atoms with Crippen molar-refractivity contribution in [2.24, 2.45) is 0 Å². The van der Waals surface area contributed by atoms with E-state index in [9.17, 15) is 9.59 Å². The highest BCUT2D eigenvalue weighted by atomic mass is 16.2. The van der Waals surface area contributed by atoms with Crippen LogP contribution < -0.4 is 10.2 Å². The van der Waals surface area contributed by atoms with Crippen LogP contribution >= 0.6 is 0 Å². The molecule has 4 heteroatoms. The predicted octanol–water partition coefficient (Wildman–Crippen LogP) is 1.71. The monoisotopic (exact) mass is 246 g/mol. The van der Waals surface area contributed by atoms with Crippen LogP contribution in [-0.4, -0.2) is 23.4 Å². The summed E-state index contributed by atoms with van der Waals surface area (Å²) in [7, 11) is 0. The zero-order chi connectivity index (χ0) is 13.3. The highest BCUT2D eigenvalue weighted by Gasteiger charge is 2.40. The number of carbonyl (C=O) groups is 2. The summed E-state index contributed by atoms with van der Waals surface area (Å²) in [6.45, 7) is 5.95. The first-order chi connectivity index (χ1) is 8.38. The molecule has 1 heterocycles. The van der Waals surface area contributed by atoms with Gasteiger partial charge in [-0.1, -0.05) is 18.2 Å². The Hall–Kier alpha value is -1.68. The average molecular weight is 246 g/mol. The van der Waals surface area contributed by atoms with E-state index in [4.69, 9.17) is 0 Å². The van der Waals surface area contributed by atoms with E-state index >= 15 is 0 Å². The van der Waals surface area contributed by atoms with Gasteiger partial charge in [-0.25, -0.2) is 4.90 Å². The normalized spacial score (nSPS) is 20.6. The first-order valence-electron chi connectivity index (χ1n) is 6.08. The third-order valence-electron chi connectivity index (χ3n) is 2.77. The Balaban J connectivity index is 2.20. The molecule has 0 bridgehead atoms. The first-order valence-corrected chi connectivity index (χ1v) is 6.08. The van der Waals surface area contributed by atoms with Crippen LogP contribution in [0.1, 0.15) is 27.2 Å². The third-order valence-corrected chi connectivity index (χ3v) is 2.77. The summed E-state index contributed by atoms with van der Waals surface area (Å²) in [5.41, 5.74) is 0.457. The van der Waals surface area contributed by atoms with Gasteiger partial charge in [-0.15, -0.1) is 0 Å². The van der Waals surface area contributed by atoms with Gasteiger partial charge in [0.05, 0.1) is 18.2 Å². The van der Waals surface area contributed by atoms with Gasteiger partial charge in [0, 0.05) is 5.54 Å². The molecule has 1 aliphatic rings. The number of anilines is 1. The minimum Gasteiger partial charge on any atom is -0.301 e. The van der Waals surface area contributed by atoms with Crippen LogP contribution in [0.15, 0.2) is 30.3 Å². The maximum absolute atomic E-state index is 12.2. The van der Waals surface area contributed by atoms with Gasteiger partial charge in [0.15, 0.2) is 0 Å². The van der Waals surface area contributed by atoms with E-state index < -0.39 is 6.04 Å². The fraction of sp³-hybridized carbons (Fsp3) is 0.429. The highest BCUT2D eigenvalue weighted by Crippen LogP contribution is 2.23. The van der Waals surface area contributed by atoms with Gasteiger partial charge in [-0.2, -0.15) is 0 Å². The van der Waals surface area contributed by atoms with Crippen LogP contribution in [0.2, 0.25) is 0 Å². The van der Waals surface area contributed by atoms with Gasteiger partial charge >= 0.3 is 0 Å². The fourth-order valence-electron chi connectivity index (χ4n) is 2.12. The van der Waals surface area contributed by atoms with Gasteiger partial charge in [-0.05, 0) is 32.9 Å². The molecule has 2 rings (SSSR count).